The molecule has 0 aromatic heterocycles. The van der Waals surface area contributed by atoms with Crippen LogP contribution in [0.3, 0.4) is 0 Å². The highest BCUT2D eigenvalue weighted by atomic mass is 16.6. The Labute approximate surface area is 111 Å². The van der Waals surface area contributed by atoms with Crippen molar-refractivity contribution in [3.63, 3.8) is 0 Å². The lowest BCUT2D eigenvalue weighted by Gasteiger charge is -2.27. The Morgan fingerprint density at radius 1 is 1.32 bits per heavy atom. The van der Waals surface area contributed by atoms with Gasteiger partial charge in [-0.15, -0.1) is 13.2 Å². The third-order valence-electron chi connectivity index (χ3n) is 3.01. The van der Waals surface area contributed by atoms with Crippen LogP contribution in [-0.2, 0) is 10.2 Å². The fourth-order valence-electron chi connectivity index (χ4n) is 2.12. The second-order valence-electron chi connectivity index (χ2n) is 4.15. The predicted molar refractivity (Wildman–Crippen MR) is 72.0 cm³/mol. The largest absolute Gasteiger partial charge is 0.481 e. The summed E-state index contributed by atoms with van der Waals surface area (Å²) < 4.78 is 0. The van der Waals surface area contributed by atoms with Gasteiger partial charge >= 0.3 is 5.97 Å². The Balaban J connectivity index is 3.55. The minimum absolute atomic E-state index is 0.0964. The van der Waals surface area contributed by atoms with E-state index in [4.69, 9.17) is 0 Å². The van der Waals surface area contributed by atoms with Gasteiger partial charge in [-0.3, -0.25) is 14.9 Å². The van der Waals surface area contributed by atoms with Crippen molar-refractivity contribution in [2.24, 2.45) is 0 Å². The molecule has 0 heterocycles. The molecule has 0 saturated heterocycles. The third kappa shape index (κ3) is 2.70. The van der Waals surface area contributed by atoms with Crippen molar-refractivity contribution in [2.75, 3.05) is 0 Å². The molecule has 0 aliphatic heterocycles. The maximum absolute atomic E-state index is 11.7. The second kappa shape index (κ2) is 5.95. The first-order valence-electron chi connectivity index (χ1n) is 5.68. The highest BCUT2D eigenvalue weighted by molar-refractivity contribution is 5.83. The van der Waals surface area contributed by atoms with Crippen LogP contribution in [0.4, 0.5) is 5.69 Å². The van der Waals surface area contributed by atoms with Gasteiger partial charge in [0.15, 0.2) is 0 Å². The van der Waals surface area contributed by atoms with Gasteiger partial charge in [0.05, 0.1) is 4.92 Å². The number of carboxylic acid groups (broad SMARTS) is 1. The van der Waals surface area contributed by atoms with E-state index in [2.05, 4.69) is 13.2 Å². The van der Waals surface area contributed by atoms with Crippen LogP contribution in [0.15, 0.2) is 49.6 Å². The molecule has 5 heteroatoms. The molecule has 0 unspecified atom stereocenters. The summed E-state index contributed by atoms with van der Waals surface area (Å²) in [5.41, 5.74) is -1.42. The Kier molecular flexibility index (Phi) is 4.58. The standard InChI is InChI=1S/C14H15NO4/c1-3-9-14(10-4-2,13(16)17)11-7-5-6-8-12(11)15(18)19/h3-8H,1-2,9-10H2,(H,16,17). The molecule has 0 spiro atoms. The molecular formula is C14H15NO4. The van der Waals surface area contributed by atoms with Gasteiger partial charge in [-0.2, -0.15) is 0 Å². The minimum Gasteiger partial charge on any atom is -0.481 e. The fourth-order valence-corrected chi connectivity index (χ4v) is 2.12. The van der Waals surface area contributed by atoms with E-state index in [0.29, 0.717) is 0 Å². The lowest BCUT2D eigenvalue weighted by molar-refractivity contribution is -0.386. The first kappa shape index (κ1) is 14.6. The summed E-state index contributed by atoms with van der Waals surface area (Å²) in [6.07, 6.45) is 3.10. The van der Waals surface area contributed by atoms with Crippen LogP contribution in [0, 0.1) is 10.1 Å². The number of hydrogen-bond acceptors (Lipinski definition) is 3. The number of allylic oxidation sites excluding steroid dienone is 2. The van der Waals surface area contributed by atoms with Gasteiger partial charge < -0.3 is 5.11 Å². The van der Waals surface area contributed by atoms with Gasteiger partial charge in [0.1, 0.15) is 5.41 Å². The second-order valence-corrected chi connectivity index (χ2v) is 4.15. The lowest BCUT2D eigenvalue weighted by atomic mass is 9.74. The van der Waals surface area contributed by atoms with Crippen molar-refractivity contribution in [3.8, 4) is 0 Å². The summed E-state index contributed by atoms with van der Waals surface area (Å²) in [4.78, 5) is 22.1. The maximum Gasteiger partial charge on any atom is 0.315 e. The number of carbonyl (C=O) groups is 1. The summed E-state index contributed by atoms with van der Waals surface area (Å²) in [5, 5.41) is 20.6. The van der Waals surface area contributed by atoms with Crippen molar-refractivity contribution >= 4 is 11.7 Å². The first-order valence-corrected chi connectivity index (χ1v) is 5.68. The van der Waals surface area contributed by atoms with E-state index in [1.165, 1.54) is 30.4 Å². The van der Waals surface area contributed by atoms with E-state index in [1.54, 1.807) is 6.07 Å². The Morgan fingerprint density at radius 2 is 1.84 bits per heavy atom. The number of carboxylic acids is 1. The first-order chi connectivity index (χ1) is 8.99. The number of hydrogen-bond donors (Lipinski definition) is 1. The zero-order chi connectivity index (χ0) is 14.5. The molecule has 0 fully saturated rings. The number of benzene rings is 1. The van der Waals surface area contributed by atoms with E-state index >= 15 is 0 Å². The number of nitrogens with zero attached hydrogens (tertiary/aromatic N) is 1. The molecule has 1 N–H and O–H groups in total. The van der Waals surface area contributed by atoms with Crippen LogP contribution >= 0.6 is 0 Å². The maximum atomic E-state index is 11.7. The average Bonchev–Trinajstić information content (AvgIpc) is 2.38. The Hall–Kier alpha value is -2.43. The highest BCUT2D eigenvalue weighted by Gasteiger charge is 2.42. The van der Waals surface area contributed by atoms with Gasteiger partial charge in [-0.1, -0.05) is 30.4 Å². The van der Waals surface area contributed by atoms with Gasteiger partial charge in [-0.05, 0) is 12.8 Å². The molecule has 0 aliphatic carbocycles. The topological polar surface area (TPSA) is 80.4 Å². The van der Waals surface area contributed by atoms with E-state index in [1.807, 2.05) is 0 Å². The average molecular weight is 261 g/mol. The van der Waals surface area contributed by atoms with E-state index in [0.717, 1.165) is 0 Å². The van der Waals surface area contributed by atoms with E-state index in [9.17, 15) is 20.0 Å². The molecule has 0 bridgehead atoms. The lowest BCUT2D eigenvalue weighted by Crippen LogP contribution is -2.35. The summed E-state index contributed by atoms with van der Waals surface area (Å²) in [6.45, 7) is 7.09. The molecule has 0 aliphatic rings. The molecule has 1 aromatic rings. The normalized spacial score (nSPS) is 10.7. The predicted octanol–water partition coefficient (Wildman–Crippen LogP) is 3.07. The van der Waals surface area contributed by atoms with E-state index < -0.39 is 16.3 Å². The fraction of sp³-hybridized carbons (Fsp3) is 0.214. The zero-order valence-electron chi connectivity index (χ0n) is 10.4. The molecular weight excluding hydrogens is 246 g/mol. The molecule has 0 saturated carbocycles. The van der Waals surface area contributed by atoms with Crippen molar-refractivity contribution < 1.29 is 14.8 Å². The molecule has 19 heavy (non-hydrogen) atoms. The smallest absolute Gasteiger partial charge is 0.315 e. The van der Waals surface area contributed by atoms with Crippen LogP contribution in [-0.4, -0.2) is 16.0 Å². The molecule has 100 valence electrons. The van der Waals surface area contributed by atoms with Crippen LogP contribution in [0.5, 0.6) is 0 Å². The van der Waals surface area contributed by atoms with Gasteiger partial charge in [0.2, 0.25) is 0 Å². The van der Waals surface area contributed by atoms with Gasteiger partial charge in [-0.25, -0.2) is 0 Å². The molecule has 0 radical (unpaired) electrons. The van der Waals surface area contributed by atoms with Crippen molar-refractivity contribution in [1.82, 2.24) is 0 Å². The molecule has 5 nitrogen and oxygen atoms in total. The molecule has 0 atom stereocenters. The molecule has 0 amide bonds. The minimum atomic E-state index is -1.40. The highest BCUT2D eigenvalue weighted by Crippen LogP contribution is 2.38. The van der Waals surface area contributed by atoms with Crippen molar-refractivity contribution in [1.29, 1.82) is 0 Å². The quantitative estimate of drug-likeness (QED) is 0.464. The van der Waals surface area contributed by atoms with Crippen molar-refractivity contribution in [2.45, 2.75) is 18.3 Å². The van der Waals surface area contributed by atoms with Crippen LogP contribution in [0.25, 0.3) is 0 Å². The number of rotatable bonds is 7. The van der Waals surface area contributed by atoms with Crippen molar-refractivity contribution in [3.05, 3.63) is 65.3 Å². The number of nitro groups is 1. The zero-order valence-corrected chi connectivity index (χ0v) is 10.4. The monoisotopic (exact) mass is 261 g/mol. The van der Waals surface area contributed by atoms with Gasteiger partial charge in [0, 0.05) is 11.6 Å². The Bertz CT molecular complexity index is 512. The number of aliphatic carboxylic acids is 1. The SMILES string of the molecule is C=CCC(CC=C)(C(=O)O)c1ccccc1[N+](=O)[O-]. The summed E-state index contributed by atoms with van der Waals surface area (Å²) >= 11 is 0. The van der Waals surface area contributed by atoms with Crippen LogP contribution in [0.2, 0.25) is 0 Å². The summed E-state index contributed by atoms with van der Waals surface area (Å²) in [7, 11) is 0. The Morgan fingerprint density at radius 3 is 2.26 bits per heavy atom. The number of nitro benzene ring substituents is 1. The van der Waals surface area contributed by atoms with E-state index in [-0.39, 0.29) is 24.1 Å². The third-order valence-corrected chi connectivity index (χ3v) is 3.01. The summed E-state index contributed by atoms with van der Waals surface area (Å²) in [6, 6.07) is 5.88. The number of para-hydroxylation sites is 1. The summed E-state index contributed by atoms with van der Waals surface area (Å²) in [5.74, 6) is -1.12. The van der Waals surface area contributed by atoms with Crippen LogP contribution in [0.1, 0.15) is 18.4 Å². The molecule has 1 aromatic carbocycles. The molecule has 1 rings (SSSR count). The van der Waals surface area contributed by atoms with Crippen LogP contribution < -0.4 is 0 Å². The van der Waals surface area contributed by atoms with Gasteiger partial charge in [0.25, 0.3) is 5.69 Å².